The van der Waals surface area contributed by atoms with E-state index in [1.807, 2.05) is 17.9 Å². The molecule has 0 bridgehead atoms. The number of carbonyl (C=O) groups excluding carboxylic acids is 1. The van der Waals surface area contributed by atoms with Gasteiger partial charge in [-0.05, 0) is 50.9 Å². The summed E-state index contributed by atoms with van der Waals surface area (Å²) in [6.45, 7) is 9.60. The first-order valence-electron chi connectivity index (χ1n) is 12.8. The minimum absolute atomic E-state index is 0.157. The van der Waals surface area contributed by atoms with E-state index in [2.05, 4.69) is 63.1 Å². The highest BCUT2D eigenvalue weighted by atomic mass is 16.2. The molecule has 1 saturated carbocycles. The van der Waals surface area contributed by atoms with Gasteiger partial charge in [-0.3, -0.25) is 9.48 Å². The third kappa shape index (κ3) is 4.99. The van der Waals surface area contributed by atoms with Crippen LogP contribution in [-0.4, -0.2) is 65.3 Å². The van der Waals surface area contributed by atoms with E-state index in [4.69, 9.17) is 0 Å². The third-order valence-electron chi connectivity index (χ3n) is 7.51. The van der Waals surface area contributed by atoms with Crippen molar-refractivity contribution >= 4 is 23.0 Å². The van der Waals surface area contributed by atoms with Gasteiger partial charge in [0, 0.05) is 80.1 Å². The van der Waals surface area contributed by atoms with Crippen LogP contribution >= 0.6 is 0 Å². The molecule has 7 heteroatoms. The molecule has 1 aromatic heterocycles. The van der Waals surface area contributed by atoms with Crippen molar-refractivity contribution in [3.63, 3.8) is 0 Å². The van der Waals surface area contributed by atoms with E-state index < -0.39 is 0 Å². The fourth-order valence-electron chi connectivity index (χ4n) is 5.31. The molecule has 1 aliphatic carbocycles. The van der Waals surface area contributed by atoms with Gasteiger partial charge in [0.25, 0.3) is 0 Å². The molecule has 3 aliphatic rings. The van der Waals surface area contributed by atoms with Gasteiger partial charge in [0.2, 0.25) is 5.91 Å². The summed E-state index contributed by atoms with van der Waals surface area (Å²) < 4.78 is 1.88. The molecule has 5 rings (SSSR count). The molecule has 2 aromatic rings. The first-order valence-corrected chi connectivity index (χ1v) is 12.8. The Kier molecular flexibility index (Phi) is 6.63. The van der Waals surface area contributed by atoms with E-state index in [0.29, 0.717) is 0 Å². The van der Waals surface area contributed by atoms with Crippen molar-refractivity contribution < 1.29 is 4.79 Å². The lowest BCUT2D eigenvalue weighted by atomic mass is 10.0. The van der Waals surface area contributed by atoms with E-state index in [1.165, 1.54) is 42.5 Å². The van der Waals surface area contributed by atoms with Crippen molar-refractivity contribution in [3.8, 4) is 0 Å². The summed E-state index contributed by atoms with van der Waals surface area (Å²) in [7, 11) is 4.16. The lowest BCUT2D eigenvalue weighted by molar-refractivity contribution is -0.117. The highest BCUT2D eigenvalue weighted by Crippen LogP contribution is 2.38. The Labute approximate surface area is 203 Å². The van der Waals surface area contributed by atoms with Gasteiger partial charge in [0.15, 0.2) is 0 Å². The van der Waals surface area contributed by atoms with E-state index in [0.717, 1.165) is 56.9 Å². The quantitative estimate of drug-likeness (QED) is 0.700. The number of piperazine rings is 1. The Morgan fingerprint density at radius 1 is 1.06 bits per heavy atom. The second-order valence-electron chi connectivity index (χ2n) is 10.3. The smallest absolute Gasteiger partial charge is 0.227 e. The van der Waals surface area contributed by atoms with Gasteiger partial charge in [0.1, 0.15) is 0 Å². The standard InChI is InChI=1S/C27H38N6O/c1-20(33-15-14-30(2)19-26(33)22-17-28-31(3)18-22)24-11-10-23(29-27(34)21-8-9-21)16-25(24)32-12-6-4-5-7-13-32/h10-11,16-18,21,26H,1,4-9,12-15,19H2,2-3H3,(H,29,34). The number of carbonyl (C=O) groups is 1. The Hall–Kier alpha value is -2.80. The molecule has 2 aliphatic heterocycles. The van der Waals surface area contributed by atoms with E-state index in [9.17, 15) is 4.79 Å². The number of benzene rings is 1. The maximum atomic E-state index is 12.5. The van der Waals surface area contributed by atoms with Crippen molar-refractivity contribution in [2.75, 3.05) is 50.0 Å². The number of rotatable bonds is 6. The SMILES string of the molecule is C=C(c1ccc(NC(=O)C2CC2)cc1N1CCCCCC1)N1CCN(C)CC1c1cnn(C)c1. The molecule has 1 amide bonds. The van der Waals surface area contributed by atoms with Crippen LogP contribution in [0.4, 0.5) is 11.4 Å². The molecule has 1 atom stereocenters. The number of nitrogens with zero attached hydrogens (tertiary/aromatic N) is 5. The third-order valence-corrected chi connectivity index (χ3v) is 7.51. The molecule has 182 valence electrons. The Balaban J connectivity index is 1.47. The average molecular weight is 463 g/mol. The predicted molar refractivity (Wildman–Crippen MR) is 138 cm³/mol. The summed E-state index contributed by atoms with van der Waals surface area (Å²) >= 11 is 0. The van der Waals surface area contributed by atoms with Crippen molar-refractivity contribution in [3.05, 3.63) is 48.3 Å². The Morgan fingerprint density at radius 2 is 1.82 bits per heavy atom. The minimum atomic E-state index is 0.157. The van der Waals surface area contributed by atoms with E-state index in [-0.39, 0.29) is 17.9 Å². The number of aromatic nitrogens is 2. The number of hydrogen-bond donors (Lipinski definition) is 1. The van der Waals surface area contributed by atoms with Gasteiger partial charge in [-0.1, -0.05) is 19.4 Å². The van der Waals surface area contributed by atoms with Crippen LogP contribution in [0.5, 0.6) is 0 Å². The zero-order valence-corrected chi connectivity index (χ0v) is 20.7. The molecule has 1 aromatic carbocycles. The zero-order chi connectivity index (χ0) is 23.7. The van der Waals surface area contributed by atoms with Crippen LogP contribution in [0.3, 0.4) is 0 Å². The van der Waals surface area contributed by atoms with Crippen LogP contribution < -0.4 is 10.2 Å². The molecule has 0 radical (unpaired) electrons. The van der Waals surface area contributed by atoms with Gasteiger partial charge in [-0.15, -0.1) is 0 Å². The van der Waals surface area contributed by atoms with Crippen LogP contribution in [0.1, 0.15) is 55.7 Å². The van der Waals surface area contributed by atoms with Crippen molar-refractivity contribution in [1.29, 1.82) is 0 Å². The Morgan fingerprint density at radius 3 is 2.50 bits per heavy atom. The molecule has 3 fully saturated rings. The summed E-state index contributed by atoms with van der Waals surface area (Å²) in [4.78, 5) is 19.8. The average Bonchev–Trinajstić information content (AvgIpc) is 3.64. The second kappa shape index (κ2) is 9.82. The molecule has 1 N–H and O–H groups in total. The molecule has 0 spiro atoms. The van der Waals surface area contributed by atoms with E-state index >= 15 is 0 Å². The highest BCUT2D eigenvalue weighted by molar-refractivity contribution is 5.95. The van der Waals surface area contributed by atoms with Gasteiger partial charge < -0.3 is 20.0 Å². The van der Waals surface area contributed by atoms with Crippen LogP contribution in [0, 0.1) is 5.92 Å². The summed E-state index contributed by atoms with van der Waals surface area (Å²) in [5.41, 5.74) is 5.55. The molecular formula is C27H38N6O. The molecule has 7 nitrogen and oxygen atoms in total. The molecule has 1 unspecified atom stereocenters. The number of amides is 1. The predicted octanol–water partition coefficient (Wildman–Crippen LogP) is 4.11. The van der Waals surface area contributed by atoms with Gasteiger partial charge in [0.05, 0.1) is 12.2 Å². The van der Waals surface area contributed by atoms with Crippen LogP contribution in [-0.2, 0) is 11.8 Å². The zero-order valence-electron chi connectivity index (χ0n) is 20.7. The number of hydrogen-bond acceptors (Lipinski definition) is 5. The number of aryl methyl sites for hydroxylation is 1. The largest absolute Gasteiger partial charge is 0.371 e. The lowest BCUT2D eigenvalue weighted by Crippen LogP contribution is -2.45. The topological polar surface area (TPSA) is 56.6 Å². The lowest BCUT2D eigenvalue weighted by Gasteiger charge is -2.43. The minimum Gasteiger partial charge on any atom is -0.371 e. The molecular weight excluding hydrogens is 424 g/mol. The van der Waals surface area contributed by atoms with E-state index in [1.54, 1.807) is 0 Å². The summed E-state index contributed by atoms with van der Waals surface area (Å²) in [5.74, 6) is 0.353. The normalized spacial score (nSPS) is 21.9. The number of likely N-dealkylation sites (N-methyl/N-ethyl adjacent to an activating group) is 1. The van der Waals surface area contributed by atoms with Crippen molar-refractivity contribution in [1.82, 2.24) is 19.6 Å². The monoisotopic (exact) mass is 462 g/mol. The fraction of sp³-hybridized carbons (Fsp3) is 0.556. The van der Waals surface area contributed by atoms with Gasteiger partial charge >= 0.3 is 0 Å². The van der Waals surface area contributed by atoms with Gasteiger partial charge in [-0.2, -0.15) is 5.10 Å². The van der Waals surface area contributed by atoms with Crippen LogP contribution in [0.15, 0.2) is 37.2 Å². The first kappa shape index (κ1) is 23.0. The molecule has 34 heavy (non-hydrogen) atoms. The maximum Gasteiger partial charge on any atom is 0.227 e. The first-order chi connectivity index (χ1) is 16.5. The number of nitrogens with one attached hydrogen (secondary N) is 1. The van der Waals surface area contributed by atoms with Crippen LogP contribution in [0.25, 0.3) is 5.70 Å². The highest BCUT2D eigenvalue weighted by Gasteiger charge is 2.32. The summed E-state index contributed by atoms with van der Waals surface area (Å²) in [6.07, 6.45) is 11.1. The molecule has 2 saturated heterocycles. The van der Waals surface area contributed by atoms with Crippen LogP contribution in [0.2, 0.25) is 0 Å². The Bertz CT molecular complexity index is 1030. The summed E-state index contributed by atoms with van der Waals surface area (Å²) in [6, 6.07) is 6.62. The second-order valence-corrected chi connectivity index (χ2v) is 10.3. The van der Waals surface area contributed by atoms with Crippen molar-refractivity contribution in [2.24, 2.45) is 13.0 Å². The molecule has 3 heterocycles. The maximum absolute atomic E-state index is 12.5. The van der Waals surface area contributed by atoms with Crippen molar-refractivity contribution in [2.45, 2.75) is 44.6 Å². The fourth-order valence-corrected chi connectivity index (χ4v) is 5.31. The number of anilines is 2. The van der Waals surface area contributed by atoms with Gasteiger partial charge in [-0.25, -0.2) is 0 Å². The summed E-state index contributed by atoms with van der Waals surface area (Å²) in [5, 5.41) is 7.60.